The van der Waals surface area contributed by atoms with Gasteiger partial charge in [-0.25, -0.2) is 0 Å². The number of rotatable bonds is 4. The Hall–Kier alpha value is 4.54. The fraction of sp³-hybridized carbons (Fsp3) is 0. The van der Waals surface area contributed by atoms with Crippen molar-refractivity contribution in [2.24, 2.45) is 0 Å². The Kier molecular flexibility index (Phi) is 22.9. The first kappa shape index (κ1) is 16.9. The Morgan fingerprint density at radius 2 is 2.00 bits per heavy atom. The molecule has 0 aromatic rings. The van der Waals surface area contributed by atoms with Crippen LogP contribution in [0.5, 0.6) is 0 Å². The molecule has 0 rings (SSSR count). The summed E-state index contributed by atoms with van der Waals surface area (Å²) in [7, 11) is 0. The average molecular weight is 722 g/mol. The number of hydrogen-bond acceptors (Lipinski definition) is 2. The van der Waals surface area contributed by atoms with Crippen molar-refractivity contribution in [3.05, 3.63) is 0 Å². The second kappa shape index (κ2) is 13.5. The molecule has 0 bridgehead atoms. The van der Waals surface area contributed by atoms with Crippen molar-refractivity contribution < 1.29 is 100 Å². The molecule has 10 heteroatoms. The van der Waals surface area contributed by atoms with E-state index in [0.717, 1.165) is 0 Å². The second-order valence-corrected chi connectivity index (χ2v) is 75.6. The van der Waals surface area contributed by atoms with Gasteiger partial charge in [-0.3, -0.25) is 0 Å². The first-order valence-electron chi connectivity index (χ1n) is 1.33. The van der Waals surface area contributed by atoms with Gasteiger partial charge in [-0.1, -0.05) is 0 Å². The monoisotopic (exact) mass is 735 g/mol. The summed E-state index contributed by atoms with van der Waals surface area (Å²) in [4.78, 5) is 0. The molecular weight excluding hydrogens is 718 g/mol. The molecule has 0 atom stereocenters. The van der Waals surface area contributed by atoms with Crippen LogP contribution in [0.25, 0.3) is 0 Å². The van der Waals surface area contributed by atoms with Gasteiger partial charge in [0.15, 0.2) is 0 Å². The Morgan fingerprint density at radius 1 is 1.40 bits per heavy atom. The average Bonchev–Trinajstić information content (AvgIpc) is 1.80. The topological polar surface area (TPSA) is 76.6 Å². The minimum atomic E-state index is -2.71. The zero-order valence-electron chi connectivity index (χ0n) is 4.67. The van der Waals surface area contributed by atoms with Gasteiger partial charge in [0.05, 0.1) is 0 Å². The van der Waals surface area contributed by atoms with Crippen molar-refractivity contribution >= 4 is 0 Å². The molecule has 0 fully saturated rings. The molecule has 10 heavy (non-hydrogen) atoms. The van der Waals surface area contributed by atoms with Gasteiger partial charge in [-0.15, -0.1) is 0 Å². The molecule has 0 spiro atoms. The van der Waals surface area contributed by atoms with E-state index in [9.17, 15) is 7.16 Å². The van der Waals surface area contributed by atoms with E-state index in [-0.39, 0.29) is 30.1 Å². The summed E-state index contributed by atoms with van der Waals surface area (Å²) in [5.74, 6) is 0. The van der Waals surface area contributed by atoms with Crippen LogP contribution in [-0.2, 0) is 96.5 Å². The van der Waals surface area contributed by atoms with Crippen molar-refractivity contribution in [3.63, 3.8) is 0 Å². The maximum absolute atomic E-state index is 10.2. The van der Waals surface area contributed by atoms with E-state index in [4.69, 9.17) is 0 Å². The minimum absolute atomic E-state index is 0. The molecule has 3 nitrogen and oxygen atoms in total. The van der Waals surface area contributed by atoms with Gasteiger partial charge in [0.1, 0.15) is 0 Å². The summed E-state index contributed by atoms with van der Waals surface area (Å²) in [5, 5.41) is 0. The summed E-state index contributed by atoms with van der Waals surface area (Å²) in [5.41, 5.74) is 0. The third kappa shape index (κ3) is 15.0. The molecule has 0 radical (unpaired) electrons. The Bertz CT molecular complexity index is 110. The van der Waals surface area contributed by atoms with E-state index in [1.165, 1.54) is 0 Å². The van der Waals surface area contributed by atoms with Crippen molar-refractivity contribution in [3.8, 4) is 0 Å². The fourth-order valence-corrected chi connectivity index (χ4v) is 274. The normalized spacial score (nSPS) is 10.2. The summed E-state index contributed by atoms with van der Waals surface area (Å²) in [6.07, 6.45) is 0. The Morgan fingerprint density at radius 3 is 2.40 bits per heavy atom. The van der Waals surface area contributed by atoms with Crippen LogP contribution in [0.3, 0.4) is 0 Å². The van der Waals surface area contributed by atoms with Gasteiger partial charge in [-0.2, -0.15) is 0 Å². The SMILES string of the molecule is [NH4+].[O]=[Mo]([O-])/[Mo]=[Mo]/[Mo][Mo][Mo][Mo]. The summed E-state index contributed by atoms with van der Waals surface area (Å²) >= 11 is 1.03. The molecule has 63 valence electrons. The van der Waals surface area contributed by atoms with E-state index < -0.39 is 14.7 Å². The molecule has 0 saturated heterocycles. The predicted molar refractivity (Wildman–Crippen MR) is 6.67 cm³/mol. The van der Waals surface area contributed by atoms with Crippen LogP contribution in [0.15, 0.2) is 0 Å². The summed E-state index contributed by atoms with van der Waals surface area (Å²) in [6.45, 7) is 0. The van der Waals surface area contributed by atoms with E-state index in [2.05, 4.69) is 16.8 Å². The van der Waals surface area contributed by atoms with Crippen LogP contribution in [-0.4, -0.2) is 0 Å². The Labute approximate surface area is 103 Å². The van der Waals surface area contributed by atoms with Gasteiger partial charge in [0.2, 0.25) is 0 Å². The van der Waals surface area contributed by atoms with Crippen LogP contribution in [0, 0.1) is 0 Å². The molecule has 0 aliphatic heterocycles. The summed E-state index contributed by atoms with van der Waals surface area (Å²) < 4.78 is 20.5. The van der Waals surface area contributed by atoms with E-state index in [1.54, 1.807) is 0 Å². The molecule has 4 N–H and O–H groups in total. The van der Waals surface area contributed by atoms with Crippen LogP contribution in [0.2, 0.25) is 0 Å². The van der Waals surface area contributed by atoms with Crippen molar-refractivity contribution in [2.75, 3.05) is 0 Å². The van der Waals surface area contributed by atoms with Gasteiger partial charge < -0.3 is 6.15 Å². The van der Waals surface area contributed by atoms with E-state index in [1.807, 2.05) is 0 Å². The van der Waals surface area contributed by atoms with Crippen LogP contribution in [0.1, 0.15) is 0 Å². The molecule has 0 unspecified atom stereocenters. The molecule has 0 heterocycles. The zero-order valence-corrected chi connectivity index (χ0v) is 18.7. The molecule has 0 aliphatic rings. The summed E-state index contributed by atoms with van der Waals surface area (Å²) in [6, 6.07) is 0. The van der Waals surface area contributed by atoms with Gasteiger partial charge in [0, 0.05) is 0 Å². The van der Waals surface area contributed by atoms with Crippen LogP contribution < -0.4 is 9.91 Å². The first-order chi connectivity index (χ1) is 4.27. The molecule has 0 aromatic heterocycles. The van der Waals surface area contributed by atoms with E-state index >= 15 is 0 Å². The molecule has 0 saturated carbocycles. The quantitative estimate of drug-likeness (QED) is 0.301. The van der Waals surface area contributed by atoms with Crippen LogP contribution >= 0.6 is 0 Å². The fourth-order valence-electron chi connectivity index (χ4n) is 0.0567. The predicted octanol–water partition coefficient (Wildman–Crippen LogP) is -0.949. The third-order valence-electron chi connectivity index (χ3n) is 0.167. The van der Waals surface area contributed by atoms with Crippen LogP contribution in [0.4, 0.5) is 0 Å². The van der Waals surface area contributed by atoms with Crippen molar-refractivity contribution in [1.29, 1.82) is 0 Å². The number of quaternary nitrogens is 1. The number of hydrogen-bond donors (Lipinski definition) is 1. The van der Waals surface area contributed by atoms with Crippen molar-refractivity contribution in [2.45, 2.75) is 0 Å². The Balaban J connectivity index is 0. The van der Waals surface area contributed by atoms with E-state index in [0.29, 0.717) is 37.7 Å². The molecule has 0 aliphatic carbocycles. The van der Waals surface area contributed by atoms with Gasteiger partial charge in [-0.05, 0) is 0 Å². The van der Waals surface area contributed by atoms with Gasteiger partial charge in [0.25, 0.3) is 0 Å². The molecule has 0 amide bonds. The third-order valence-corrected chi connectivity index (χ3v) is 148. The standard InChI is InChI=1S/7Mo.H3N.2O/h;;;;;;;1H3;;/q;;;;;;;;;-1/p+1. The van der Waals surface area contributed by atoms with Gasteiger partial charge >= 0.3 is 100 Å². The first-order valence-corrected chi connectivity index (χ1v) is 37.0. The molecule has 0 aromatic carbocycles. The maximum atomic E-state index is 10.2. The molecular formula is H4Mo7NO2. The zero-order chi connectivity index (χ0) is 7.11. The second-order valence-electron chi connectivity index (χ2n) is 0.544. The van der Waals surface area contributed by atoms with Crippen molar-refractivity contribution in [1.82, 2.24) is 6.15 Å².